The molecule has 0 bridgehead atoms. The molecule has 5 heteroatoms. The minimum absolute atomic E-state index is 0.139. The van der Waals surface area contributed by atoms with Crippen molar-refractivity contribution >= 4 is 42.3 Å². The molecule has 2 aromatic rings. The number of hydrogen-bond donors (Lipinski definition) is 0. The van der Waals surface area contributed by atoms with E-state index in [9.17, 15) is 9.18 Å². The van der Waals surface area contributed by atoms with Crippen molar-refractivity contribution in [1.82, 2.24) is 0 Å². The molecule has 0 saturated carbocycles. The van der Waals surface area contributed by atoms with Gasteiger partial charge in [0.2, 0.25) is 0 Å². The Balaban J connectivity index is 2.03. The van der Waals surface area contributed by atoms with E-state index in [4.69, 9.17) is 0 Å². The van der Waals surface area contributed by atoms with Crippen LogP contribution in [0.5, 0.6) is 0 Å². The van der Waals surface area contributed by atoms with Crippen molar-refractivity contribution in [3.63, 3.8) is 0 Å². The average Bonchev–Trinajstić information content (AvgIpc) is 2.88. The standard InChI is InChI=1S/C16H13FINOS/c17-14-7-6-12(10-20)15-13(9-19(21-18)16(14)15)8-11-4-2-1-3-5-11/h1-7,10,13H,8-9H2/t13-/m0/s1. The zero-order valence-corrected chi connectivity index (χ0v) is 14.1. The molecule has 0 amide bonds. The summed E-state index contributed by atoms with van der Waals surface area (Å²) in [7, 11) is 1.47. The normalized spacial score (nSPS) is 16.9. The van der Waals surface area contributed by atoms with Crippen molar-refractivity contribution in [3.8, 4) is 0 Å². The molecule has 1 aliphatic heterocycles. The molecule has 0 unspecified atom stereocenters. The summed E-state index contributed by atoms with van der Waals surface area (Å²) in [6.45, 7) is 0.722. The lowest BCUT2D eigenvalue weighted by Crippen LogP contribution is -2.13. The van der Waals surface area contributed by atoms with Gasteiger partial charge in [-0.2, -0.15) is 0 Å². The lowest BCUT2D eigenvalue weighted by atomic mass is 9.90. The summed E-state index contributed by atoms with van der Waals surface area (Å²) in [6.07, 6.45) is 1.64. The third-order valence-corrected chi connectivity index (χ3v) is 5.71. The number of fused-ring (bicyclic) bond motifs is 1. The van der Waals surface area contributed by atoms with Crippen LogP contribution < -0.4 is 4.31 Å². The van der Waals surface area contributed by atoms with Crippen molar-refractivity contribution in [1.29, 1.82) is 0 Å². The van der Waals surface area contributed by atoms with E-state index in [1.807, 2.05) is 22.5 Å². The fraction of sp³-hybridized carbons (Fsp3) is 0.188. The summed E-state index contributed by atoms with van der Waals surface area (Å²) < 4.78 is 16.1. The van der Waals surface area contributed by atoms with Crippen LogP contribution in [0.25, 0.3) is 0 Å². The van der Waals surface area contributed by atoms with Gasteiger partial charge in [0.25, 0.3) is 0 Å². The second-order valence-corrected chi connectivity index (χ2v) is 6.79. The second kappa shape index (κ2) is 6.36. The van der Waals surface area contributed by atoms with Crippen LogP contribution in [0, 0.1) is 5.82 Å². The van der Waals surface area contributed by atoms with E-state index in [-0.39, 0.29) is 11.7 Å². The van der Waals surface area contributed by atoms with Crippen molar-refractivity contribution in [3.05, 3.63) is 65.0 Å². The number of carbonyl (C=O) groups excluding carboxylic acids is 1. The highest BCUT2D eigenvalue weighted by molar-refractivity contribution is 14.2. The van der Waals surface area contributed by atoms with E-state index in [1.54, 1.807) is 6.07 Å². The van der Waals surface area contributed by atoms with Crippen LogP contribution >= 0.6 is 30.3 Å². The van der Waals surface area contributed by atoms with Gasteiger partial charge in [-0.15, -0.1) is 0 Å². The highest BCUT2D eigenvalue weighted by atomic mass is 127. The number of nitrogens with zero attached hydrogens (tertiary/aromatic N) is 1. The van der Waals surface area contributed by atoms with Crippen LogP contribution in [0.2, 0.25) is 0 Å². The first kappa shape index (κ1) is 14.8. The van der Waals surface area contributed by atoms with Gasteiger partial charge in [0.05, 0.1) is 5.69 Å². The molecule has 0 spiro atoms. The molecule has 1 heterocycles. The van der Waals surface area contributed by atoms with Gasteiger partial charge in [-0.1, -0.05) is 30.3 Å². The van der Waals surface area contributed by atoms with Gasteiger partial charge in [0, 0.05) is 48.4 Å². The molecule has 3 rings (SSSR count). The Labute approximate surface area is 139 Å². The zero-order valence-electron chi connectivity index (χ0n) is 11.1. The molecule has 0 N–H and O–H groups in total. The topological polar surface area (TPSA) is 20.3 Å². The smallest absolute Gasteiger partial charge is 0.150 e. The molecule has 2 aromatic carbocycles. The molecule has 1 aliphatic rings. The third kappa shape index (κ3) is 2.81. The predicted octanol–water partition coefficient (Wildman–Crippen LogP) is 4.78. The van der Waals surface area contributed by atoms with Crippen LogP contribution in [-0.4, -0.2) is 12.8 Å². The summed E-state index contributed by atoms with van der Waals surface area (Å²) in [5.41, 5.74) is 3.22. The molecule has 108 valence electrons. The summed E-state index contributed by atoms with van der Waals surface area (Å²) in [6, 6.07) is 13.1. The number of anilines is 1. The van der Waals surface area contributed by atoms with Crippen molar-refractivity contribution in [2.75, 3.05) is 10.8 Å². The number of hydrogen-bond acceptors (Lipinski definition) is 3. The minimum atomic E-state index is -0.254. The van der Waals surface area contributed by atoms with E-state index >= 15 is 0 Å². The molecule has 21 heavy (non-hydrogen) atoms. The second-order valence-electron chi connectivity index (χ2n) is 5.03. The summed E-state index contributed by atoms with van der Waals surface area (Å²) in [4.78, 5) is 11.3. The Morgan fingerprint density at radius 3 is 2.71 bits per heavy atom. The number of carbonyl (C=O) groups is 1. The van der Waals surface area contributed by atoms with Gasteiger partial charge in [-0.3, -0.25) is 4.79 Å². The summed E-state index contributed by atoms with van der Waals surface area (Å²) in [5, 5.41) is 0. The number of benzene rings is 2. The van der Waals surface area contributed by atoms with Crippen LogP contribution in [0.1, 0.15) is 27.4 Å². The number of rotatable bonds is 4. The van der Waals surface area contributed by atoms with Gasteiger partial charge >= 0.3 is 0 Å². The zero-order chi connectivity index (χ0) is 14.8. The van der Waals surface area contributed by atoms with Crippen molar-refractivity contribution in [2.24, 2.45) is 0 Å². The van der Waals surface area contributed by atoms with Gasteiger partial charge < -0.3 is 4.31 Å². The summed E-state index contributed by atoms with van der Waals surface area (Å²) in [5.74, 6) is -0.115. The fourth-order valence-electron chi connectivity index (χ4n) is 2.89. The summed E-state index contributed by atoms with van der Waals surface area (Å²) >= 11 is 2.16. The average molecular weight is 413 g/mol. The Hall–Kier alpha value is -1.08. The molecule has 2 nitrogen and oxygen atoms in total. The molecular formula is C16H13FINOS. The maximum absolute atomic E-state index is 14.2. The van der Waals surface area contributed by atoms with Gasteiger partial charge in [0.15, 0.2) is 0 Å². The lowest BCUT2D eigenvalue weighted by molar-refractivity contribution is 0.112. The number of halogens is 2. The SMILES string of the molecule is O=Cc1ccc(F)c2c1[C@@H](Cc1ccccc1)CN2SI. The first-order valence-corrected chi connectivity index (χ1v) is 9.94. The molecular weight excluding hydrogens is 400 g/mol. The first-order valence-electron chi connectivity index (χ1n) is 6.62. The van der Waals surface area contributed by atoms with Crippen LogP contribution in [0.3, 0.4) is 0 Å². The molecule has 0 fully saturated rings. The van der Waals surface area contributed by atoms with E-state index in [2.05, 4.69) is 33.3 Å². The predicted molar refractivity (Wildman–Crippen MR) is 93.6 cm³/mol. The Bertz CT molecular complexity index is 665. The van der Waals surface area contributed by atoms with Crippen LogP contribution in [0.4, 0.5) is 10.1 Å². The van der Waals surface area contributed by atoms with E-state index < -0.39 is 0 Å². The highest BCUT2D eigenvalue weighted by Gasteiger charge is 2.33. The highest BCUT2D eigenvalue weighted by Crippen LogP contribution is 2.46. The number of aldehydes is 1. The minimum Gasteiger partial charge on any atom is -0.304 e. The lowest BCUT2D eigenvalue weighted by Gasteiger charge is -2.14. The third-order valence-electron chi connectivity index (χ3n) is 3.78. The van der Waals surface area contributed by atoms with Crippen molar-refractivity contribution in [2.45, 2.75) is 12.3 Å². The van der Waals surface area contributed by atoms with Gasteiger partial charge in [-0.25, -0.2) is 4.39 Å². The Morgan fingerprint density at radius 1 is 1.29 bits per heavy atom. The van der Waals surface area contributed by atoms with Gasteiger partial charge in [0.1, 0.15) is 12.1 Å². The maximum atomic E-state index is 14.2. The molecule has 1 atom stereocenters. The van der Waals surface area contributed by atoms with Crippen LogP contribution in [0.15, 0.2) is 42.5 Å². The Morgan fingerprint density at radius 2 is 2.05 bits per heavy atom. The van der Waals surface area contributed by atoms with E-state index in [0.29, 0.717) is 11.3 Å². The Kier molecular flexibility index (Phi) is 4.49. The largest absolute Gasteiger partial charge is 0.304 e. The van der Waals surface area contributed by atoms with Crippen LogP contribution in [-0.2, 0) is 6.42 Å². The van der Waals surface area contributed by atoms with Crippen molar-refractivity contribution < 1.29 is 9.18 Å². The van der Waals surface area contributed by atoms with Gasteiger partial charge in [-0.05, 0) is 29.7 Å². The fourth-order valence-corrected chi connectivity index (χ4v) is 4.46. The monoisotopic (exact) mass is 413 g/mol. The van der Waals surface area contributed by atoms with E-state index in [1.165, 1.54) is 20.7 Å². The molecule has 0 aliphatic carbocycles. The quantitative estimate of drug-likeness (QED) is 0.409. The molecule has 0 radical (unpaired) electrons. The first-order chi connectivity index (χ1) is 10.2. The molecule has 0 saturated heterocycles. The molecule has 0 aromatic heterocycles. The maximum Gasteiger partial charge on any atom is 0.150 e. The van der Waals surface area contributed by atoms with E-state index in [0.717, 1.165) is 24.8 Å².